The maximum Gasteiger partial charge on any atom is 0.251 e. The monoisotopic (exact) mass is 523 g/mol. The molecule has 2 saturated heterocycles. The van der Waals surface area contributed by atoms with Crippen molar-refractivity contribution >= 4 is 32.4 Å². The second-order valence-electron chi connectivity index (χ2n) is 10.0. The third kappa shape index (κ3) is 5.00. The summed E-state index contributed by atoms with van der Waals surface area (Å²) in [7, 11) is 0. The maximum absolute atomic E-state index is 15.4. The number of aromatic nitrogens is 2. The molecule has 194 valence electrons. The fraction of sp³-hybridized carbons (Fsp3) is 0.429. The molecule has 0 radical (unpaired) electrons. The lowest BCUT2D eigenvalue weighted by molar-refractivity contribution is 0.0950. The van der Waals surface area contributed by atoms with Gasteiger partial charge in [0.2, 0.25) is 0 Å². The molecule has 6 rings (SSSR count). The lowest BCUT2D eigenvalue weighted by Gasteiger charge is -2.28. The largest absolute Gasteiger partial charge is 0.352 e. The second-order valence-corrected chi connectivity index (χ2v) is 11.1. The quantitative estimate of drug-likeness (QED) is 0.322. The first-order valence-electron chi connectivity index (χ1n) is 13.2. The van der Waals surface area contributed by atoms with E-state index in [1.54, 1.807) is 6.07 Å². The fourth-order valence-electron chi connectivity index (χ4n) is 5.47. The highest BCUT2D eigenvalue weighted by Crippen LogP contribution is 2.34. The summed E-state index contributed by atoms with van der Waals surface area (Å²) in [6.45, 7) is 3.97. The molecule has 2 aliphatic heterocycles. The Balaban J connectivity index is 1.14. The van der Waals surface area contributed by atoms with Gasteiger partial charge in [0.1, 0.15) is 12.0 Å². The van der Waals surface area contributed by atoms with E-state index in [1.807, 2.05) is 40.9 Å². The van der Waals surface area contributed by atoms with E-state index in [9.17, 15) is 9.18 Å². The summed E-state index contributed by atoms with van der Waals surface area (Å²) < 4.78 is 31.6. The number of hydrogen-bond acceptors (Lipinski definition) is 5. The van der Waals surface area contributed by atoms with E-state index in [0.717, 1.165) is 60.6 Å². The molecule has 2 aromatic heterocycles. The molecule has 0 aliphatic carbocycles. The zero-order valence-corrected chi connectivity index (χ0v) is 21.5. The van der Waals surface area contributed by atoms with Crippen molar-refractivity contribution in [3.05, 3.63) is 59.5 Å². The molecule has 4 heterocycles. The number of fused-ring (bicyclic) bond motifs is 3. The minimum atomic E-state index is -0.663. The van der Waals surface area contributed by atoms with Gasteiger partial charge in [-0.25, -0.2) is 13.8 Å². The van der Waals surface area contributed by atoms with Crippen molar-refractivity contribution in [2.24, 2.45) is 0 Å². The van der Waals surface area contributed by atoms with E-state index < -0.39 is 6.17 Å². The Morgan fingerprint density at radius 3 is 2.86 bits per heavy atom. The Morgan fingerprint density at radius 2 is 2.05 bits per heavy atom. The first-order valence-corrected chi connectivity index (χ1v) is 14.0. The maximum atomic E-state index is 15.4. The number of halogens is 2. The molecular formula is C28H31F2N5OS. The van der Waals surface area contributed by atoms with Crippen molar-refractivity contribution in [3.8, 4) is 11.3 Å². The van der Waals surface area contributed by atoms with Gasteiger partial charge in [-0.1, -0.05) is 23.5 Å². The van der Waals surface area contributed by atoms with Crippen LogP contribution >= 0.6 is 11.3 Å². The van der Waals surface area contributed by atoms with Crippen LogP contribution in [0.4, 0.5) is 8.78 Å². The standard InChI is InChI=1S/C28H31F2N5OS/c29-19-9-14-34(15-10-19)13-3-12-32-27(36)18-7-8-24-25(16-18)37-28-33-23(17-35(24)28)21-5-1-4-20(26(21)30)22-6-2-11-31-22/h1,4-5,7-8,16-17,19,22,31H,2-3,6,9-15H2,(H,32,36)/t22-/m0/s1. The molecule has 2 fully saturated rings. The summed E-state index contributed by atoms with van der Waals surface area (Å²) in [6, 6.07) is 11.2. The molecule has 1 atom stereocenters. The van der Waals surface area contributed by atoms with Crippen LogP contribution in [0.15, 0.2) is 42.6 Å². The van der Waals surface area contributed by atoms with E-state index in [2.05, 4.69) is 15.5 Å². The molecule has 0 saturated carbocycles. The topological polar surface area (TPSA) is 61.7 Å². The Bertz CT molecular complexity index is 1420. The van der Waals surface area contributed by atoms with E-state index >= 15 is 4.39 Å². The van der Waals surface area contributed by atoms with Crippen LogP contribution in [0.2, 0.25) is 0 Å². The van der Waals surface area contributed by atoms with Gasteiger partial charge in [0, 0.05) is 48.6 Å². The summed E-state index contributed by atoms with van der Waals surface area (Å²) in [6.07, 6.45) is 5.27. The molecule has 2 aromatic carbocycles. The molecule has 2 aliphatic rings. The van der Waals surface area contributed by atoms with Crippen LogP contribution in [0.1, 0.15) is 54.1 Å². The Labute approximate surface area is 218 Å². The lowest BCUT2D eigenvalue weighted by atomic mass is 10.0. The van der Waals surface area contributed by atoms with Crippen LogP contribution in [0.5, 0.6) is 0 Å². The van der Waals surface area contributed by atoms with E-state index in [0.29, 0.717) is 41.8 Å². The predicted molar refractivity (Wildman–Crippen MR) is 143 cm³/mol. The first kappa shape index (κ1) is 24.5. The van der Waals surface area contributed by atoms with Gasteiger partial charge < -0.3 is 15.5 Å². The van der Waals surface area contributed by atoms with Gasteiger partial charge in [-0.2, -0.15) is 0 Å². The number of hydrogen-bond donors (Lipinski definition) is 2. The average molecular weight is 524 g/mol. The molecular weight excluding hydrogens is 492 g/mol. The van der Waals surface area contributed by atoms with E-state index in [1.165, 1.54) is 11.3 Å². The van der Waals surface area contributed by atoms with Gasteiger partial charge in [0.05, 0.1) is 15.9 Å². The van der Waals surface area contributed by atoms with Gasteiger partial charge in [-0.05, 0) is 69.5 Å². The van der Waals surface area contributed by atoms with Crippen molar-refractivity contribution in [1.82, 2.24) is 24.9 Å². The van der Waals surface area contributed by atoms with E-state index in [-0.39, 0.29) is 17.8 Å². The Hall–Kier alpha value is -2.88. The summed E-state index contributed by atoms with van der Waals surface area (Å²) in [5, 5.41) is 6.37. The number of amides is 1. The van der Waals surface area contributed by atoms with Crippen LogP contribution in [-0.2, 0) is 0 Å². The Morgan fingerprint density at radius 1 is 1.19 bits per heavy atom. The van der Waals surface area contributed by atoms with Gasteiger partial charge in [-0.15, -0.1) is 0 Å². The molecule has 0 bridgehead atoms. The van der Waals surface area contributed by atoms with Crippen LogP contribution in [-0.4, -0.2) is 59.1 Å². The van der Waals surface area contributed by atoms with Gasteiger partial charge in [-0.3, -0.25) is 9.20 Å². The van der Waals surface area contributed by atoms with Crippen LogP contribution in [0.25, 0.3) is 26.4 Å². The van der Waals surface area contributed by atoms with Crippen molar-refractivity contribution in [3.63, 3.8) is 0 Å². The number of likely N-dealkylation sites (tertiary alicyclic amines) is 1. The van der Waals surface area contributed by atoms with Crippen LogP contribution < -0.4 is 10.6 Å². The molecule has 0 unspecified atom stereocenters. The van der Waals surface area contributed by atoms with Crippen molar-refractivity contribution in [2.45, 2.75) is 44.3 Å². The third-order valence-corrected chi connectivity index (χ3v) is 8.57. The summed E-state index contributed by atoms with van der Waals surface area (Å²) in [5.41, 5.74) is 3.39. The fourth-order valence-corrected chi connectivity index (χ4v) is 6.52. The number of nitrogens with one attached hydrogen (secondary N) is 2. The lowest BCUT2D eigenvalue weighted by Crippen LogP contribution is -2.36. The normalized spacial score (nSPS) is 19.2. The number of carbonyl (C=O) groups excluding carboxylic acids is 1. The Kier molecular flexibility index (Phi) is 6.92. The van der Waals surface area contributed by atoms with Crippen LogP contribution in [0.3, 0.4) is 0 Å². The SMILES string of the molecule is O=C(NCCCN1CCC(F)CC1)c1ccc2c(c1)sc1nc(-c3cccc([C@@H]4CCCN4)c3F)cn12. The highest BCUT2D eigenvalue weighted by Gasteiger charge is 2.23. The number of imidazole rings is 1. The summed E-state index contributed by atoms with van der Waals surface area (Å²) in [5.74, 6) is -0.307. The number of nitrogens with zero attached hydrogens (tertiary/aromatic N) is 3. The minimum absolute atomic E-state index is 0.0583. The van der Waals surface area contributed by atoms with Crippen LogP contribution in [0, 0.1) is 5.82 Å². The van der Waals surface area contributed by atoms with Crippen molar-refractivity contribution in [2.75, 3.05) is 32.7 Å². The minimum Gasteiger partial charge on any atom is -0.352 e. The number of rotatable bonds is 7. The third-order valence-electron chi connectivity index (χ3n) is 7.55. The highest BCUT2D eigenvalue weighted by atomic mass is 32.1. The number of thiazole rings is 1. The van der Waals surface area contributed by atoms with Gasteiger partial charge in [0.25, 0.3) is 5.91 Å². The number of piperidine rings is 1. The first-order chi connectivity index (χ1) is 18.1. The molecule has 0 spiro atoms. The number of alkyl halides is 1. The zero-order valence-electron chi connectivity index (χ0n) is 20.7. The predicted octanol–water partition coefficient (Wildman–Crippen LogP) is 5.33. The van der Waals surface area contributed by atoms with E-state index in [4.69, 9.17) is 4.98 Å². The molecule has 37 heavy (non-hydrogen) atoms. The second kappa shape index (κ2) is 10.5. The zero-order chi connectivity index (χ0) is 25.4. The molecule has 2 N–H and O–H groups in total. The summed E-state index contributed by atoms with van der Waals surface area (Å²) in [4.78, 5) is 20.5. The highest BCUT2D eigenvalue weighted by molar-refractivity contribution is 7.23. The van der Waals surface area contributed by atoms with Gasteiger partial charge >= 0.3 is 0 Å². The molecule has 1 amide bonds. The number of carbonyl (C=O) groups is 1. The molecule has 4 aromatic rings. The van der Waals surface area contributed by atoms with Crippen molar-refractivity contribution in [1.29, 1.82) is 0 Å². The van der Waals surface area contributed by atoms with Crippen molar-refractivity contribution < 1.29 is 13.6 Å². The molecule has 9 heteroatoms. The summed E-state index contributed by atoms with van der Waals surface area (Å²) >= 11 is 1.49. The molecule has 6 nitrogen and oxygen atoms in total. The number of benzene rings is 2. The smallest absolute Gasteiger partial charge is 0.251 e. The average Bonchev–Trinajstić information content (AvgIpc) is 3.64. The van der Waals surface area contributed by atoms with Gasteiger partial charge in [0.15, 0.2) is 4.96 Å².